The molecule has 0 bridgehead atoms. The first-order chi connectivity index (χ1) is 8.26. The molecule has 0 aromatic heterocycles. The summed E-state index contributed by atoms with van der Waals surface area (Å²) in [6.07, 6.45) is 2.94. The highest BCUT2D eigenvalue weighted by Crippen LogP contribution is 2.12. The minimum atomic E-state index is -0.920. The number of hydrogen-bond donors (Lipinski definition) is 1. The molecule has 6 heteroatoms. The lowest BCUT2D eigenvalue weighted by atomic mass is 10.1. The van der Waals surface area contributed by atoms with Crippen molar-refractivity contribution in [2.45, 2.75) is 26.3 Å². The summed E-state index contributed by atoms with van der Waals surface area (Å²) in [6.45, 7) is 9.50. The monoisotopic (exact) mass is 267 g/mol. The summed E-state index contributed by atoms with van der Waals surface area (Å²) in [7, 11) is 0. The molecule has 1 unspecified atom stereocenters. The molecule has 0 aliphatic carbocycles. The number of hydrogen-bond acceptors (Lipinski definition) is 4. The van der Waals surface area contributed by atoms with Crippen LogP contribution < -0.4 is 5.32 Å². The number of aliphatic imine (C=N–C) groups is 1. The van der Waals surface area contributed by atoms with E-state index < -0.39 is 11.8 Å². The number of nitrogens with zero attached hydrogens (tertiary/aromatic N) is 2. The second-order valence-corrected chi connectivity index (χ2v) is 5.35. The number of rotatable bonds is 3. The average molecular weight is 267 g/mol. The van der Waals surface area contributed by atoms with Crippen LogP contribution in [0.2, 0.25) is 0 Å². The normalized spacial score (nSPS) is 21.4. The summed E-state index contributed by atoms with van der Waals surface area (Å²) < 4.78 is 0. The van der Waals surface area contributed by atoms with E-state index in [-0.39, 0.29) is 23.1 Å². The zero-order chi connectivity index (χ0) is 13.9. The predicted octanol–water partition coefficient (Wildman–Crippen LogP) is 0.901. The zero-order valence-electron chi connectivity index (χ0n) is 10.8. The van der Waals surface area contributed by atoms with Crippen LogP contribution in [0.5, 0.6) is 0 Å². The van der Waals surface area contributed by atoms with Gasteiger partial charge >= 0.3 is 0 Å². The first kappa shape index (κ1) is 14.5. The van der Waals surface area contributed by atoms with Gasteiger partial charge in [0, 0.05) is 12.8 Å². The first-order valence-corrected chi connectivity index (χ1v) is 5.99. The van der Waals surface area contributed by atoms with E-state index in [0.29, 0.717) is 0 Å². The third kappa shape index (κ3) is 3.46. The van der Waals surface area contributed by atoms with E-state index in [1.165, 1.54) is 11.1 Å². The van der Waals surface area contributed by atoms with Crippen LogP contribution in [0.4, 0.5) is 0 Å². The van der Waals surface area contributed by atoms with E-state index in [1.54, 1.807) is 6.08 Å². The van der Waals surface area contributed by atoms with Crippen molar-refractivity contribution in [1.29, 1.82) is 0 Å². The molecule has 2 amide bonds. The van der Waals surface area contributed by atoms with Gasteiger partial charge in [-0.3, -0.25) is 19.5 Å². The molecule has 0 aromatic rings. The fourth-order valence-corrected chi connectivity index (χ4v) is 1.63. The summed E-state index contributed by atoms with van der Waals surface area (Å²) in [6, 6.07) is 0. The molecule has 1 rings (SSSR count). The number of carbonyl (C=O) groups excluding carboxylic acids is 2. The Balaban J connectivity index is 2.94. The smallest absolute Gasteiger partial charge is 0.247 e. The Kier molecular flexibility index (Phi) is 4.34. The van der Waals surface area contributed by atoms with E-state index in [0.717, 1.165) is 0 Å². The minimum absolute atomic E-state index is 0.116. The molecule has 1 saturated heterocycles. The van der Waals surface area contributed by atoms with Crippen LogP contribution in [0.1, 0.15) is 20.8 Å². The summed E-state index contributed by atoms with van der Waals surface area (Å²) in [5, 5.41) is 2.61. The van der Waals surface area contributed by atoms with Crippen molar-refractivity contribution < 1.29 is 9.59 Å². The molecule has 98 valence electrons. The second-order valence-electron chi connectivity index (χ2n) is 4.96. The summed E-state index contributed by atoms with van der Waals surface area (Å²) >= 11 is 4.94. The first-order valence-electron chi connectivity index (χ1n) is 5.58. The summed E-state index contributed by atoms with van der Waals surface area (Å²) in [5.41, 5.74) is -0.332. The fourth-order valence-electron chi connectivity index (χ4n) is 1.36. The number of thiocarbonyl (C=S) groups is 1. The largest absolute Gasteiger partial charge is 0.302 e. The van der Waals surface area contributed by atoms with E-state index in [4.69, 9.17) is 12.2 Å². The van der Waals surface area contributed by atoms with Crippen molar-refractivity contribution in [1.82, 2.24) is 10.2 Å². The van der Waals surface area contributed by atoms with E-state index in [2.05, 4.69) is 16.9 Å². The molecular weight excluding hydrogens is 250 g/mol. The van der Waals surface area contributed by atoms with Gasteiger partial charge < -0.3 is 5.32 Å². The molecule has 0 aromatic carbocycles. The van der Waals surface area contributed by atoms with Crippen molar-refractivity contribution in [2.75, 3.05) is 6.54 Å². The maximum atomic E-state index is 12.1. The van der Waals surface area contributed by atoms with Gasteiger partial charge in [0.1, 0.15) is 0 Å². The molecule has 0 spiro atoms. The Hall–Kier alpha value is -1.56. The summed E-state index contributed by atoms with van der Waals surface area (Å²) in [4.78, 5) is 29.3. The van der Waals surface area contributed by atoms with Crippen LogP contribution >= 0.6 is 12.2 Å². The van der Waals surface area contributed by atoms with Crippen LogP contribution in [0, 0.1) is 5.92 Å². The molecule has 5 nitrogen and oxygen atoms in total. The molecule has 1 N–H and O–H groups in total. The summed E-state index contributed by atoms with van der Waals surface area (Å²) in [5.74, 6) is -1.72. The highest BCUT2D eigenvalue weighted by molar-refractivity contribution is 7.80. The topological polar surface area (TPSA) is 61.8 Å². The number of carbonyl (C=O) groups is 2. The van der Waals surface area contributed by atoms with Crippen LogP contribution in [-0.2, 0) is 9.59 Å². The molecule has 0 radical (unpaired) electrons. The van der Waals surface area contributed by atoms with E-state index >= 15 is 0 Å². The number of nitrogens with one attached hydrogen (secondary N) is 1. The van der Waals surface area contributed by atoms with Gasteiger partial charge in [-0.05, 0) is 33.0 Å². The highest BCUT2D eigenvalue weighted by Gasteiger charge is 2.37. The van der Waals surface area contributed by atoms with Crippen molar-refractivity contribution in [3.8, 4) is 0 Å². The molecule has 1 heterocycles. The van der Waals surface area contributed by atoms with Gasteiger partial charge in [0.05, 0.1) is 5.54 Å². The second kappa shape index (κ2) is 5.39. The Labute approximate surface area is 112 Å². The molecule has 1 aliphatic heterocycles. The lowest BCUT2D eigenvalue weighted by Crippen LogP contribution is -2.58. The SMILES string of the molecule is C=CCN1C(=O)C(C=NC(C)(C)C)C(=O)NC1=S. The fraction of sp³-hybridized carbons (Fsp3) is 0.500. The number of amides is 2. The highest BCUT2D eigenvalue weighted by atomic mass is 32.1. The van der Waals surface area contributed by atoms with Gasteiger partial charge in [0.25, 0.3) is 0 Å². The quantitative estimate of drug-likeness (QED) is 0.358. The average Bonchev–Trinajstić information content (AvgIpc) is 2.22. The molecule has 1 fully saturated rings. The molecule has 0 saturated carbocycles. The van der Waals surface area contributed by atoms with Crippen LogP contribution in [0.3, 0.4) is 0 Å². The van der Waals surface area contributed by atoms with Crippen LogP contribution in [0.15, 0.2) is 17.6 Å². The molecule has 18 heavy (non-hydrogen) atoms. The Morgan fingerprint density at radius 3 is 2.61 bits per heavy atom. The van der Waals surface area contributed by atoms with Crippen LogP contribution in [-0.4, -0.2) is 40.1 Å². The van der Waals surface area contributed by atoms with E-state index in [9.17, 15) is 9.59 Å². The zero-order valence-corrected chi connectivity index (χ0v) is 11.6. The van der Waals surface area contributed by atoms with Crippen LogP contribution in [0.25, 0.3) is 0 Å². The van der Waals surface area contributed by atoms with Crippen molar-refractivity contribution in [3.05, 3.63) is 12.7 Å². The maximum Gasteiger partial charge on any atom is 0.247 e. The standard InChI is InChI=1S/C12H17N3O2S/c1-5-6-15-10(17)8(7-13-12(2,3)4)9(16)14-11(15)18/h5,7-8H,1,6H2,2-4H3,(H,14,16,18). The van der Waals surface area contributed by atoms with Crippen molar-refractivity contribution >= 4 is 35.4 Å². The Bertz CT molecular complexity index is 424. The molecule has 1 aliphatic rings. The van der Waals surface area contributed by atoms with Crippen molar-refractivity contribution in [2.24, 2.45) is 10.9 Å². The van der Waals surface area contributed by atoms with Gasteiger partial charge in [-0.15, -0.1) is 6.58 Å². The third-order valence-electron chi connectivity index (χ3n) is 2.21. The van der Waals surface area contributed by atoms with Gasteiger partial charge in [-0.25, -0.2) is 0 Å². The Morgan fingerprint density at radius 2 is 2.11 bits per heavy atom. The van der Waals surface area contributed by atoms with Crippen molar-refractivity contribution in [3.63, 3.8) is 0 Å². The lowest BCUT2D eigenvalue weighted by molar-refractivity contribution is -0.137. The lowest BCUT2D eigenvalue weighted by Gasteiger charge is -2.30. The Morgan fingerprint density at radius 1 is 1.50 bits per heavy atom. The van der Waals surface area contributed by atoms with E-state index in [1.807, 2.05) is 20.8 Å². The maximum absolute atomic E-state index is 12.1. The molecular formula is C12H17N3O2S. The third-order valence-corrected chi connectivity index (χ3v) is 2.53. The van der Waals surface area contributed by atoms with Gasteiger partial charge in [-0.2, -0.15) is 0 Å². The van der Waals surface area contributed by atoms with Gasteiger partial charge in [0.2, 0.25) is 11.8 Å². The minimum Gasteiger partial charge on any atom is -0.302 e. The van der Waals surface area contributed by atoms with Gasteiger partial charge in [-0.1, -0.05) is 6.08 Å². The van der Waals surface area contributed by atoms with Gasteiger partial charge in [0.15, 0.2) is 11.0 Å². The predicted molar refractivity (Wildman–Crippen MR) is 74.4 cm³/mol. The molecule has 1 atom stereocenters.